The number of aromatic nitrogens is 1. The third kappa shape index (κ3) is 3.94. The molecule has 8 heteroatoms. The van der Waals surface area contributed by atoms with Crippen molar-refractivity contribution in [1.82, 2.24) is 4.98 Å². The number of amides is 1. The molecule has 0 aliphatic heterocycles. The summed E-state index contributed by atoms with van der Waals surface area (Å²) in [5.41, 5.74) is 1.59. The Morgan fingerprint density at radius 1 is 1.11 bits per heavy atom. The maximum absolute atomic E-state index is 12.3. The molecule has 2 N–H and O–H groups in total. The van der Waals surface area contributed by atoms with Crippen LogP contribution in [0.3, 0.4) is 0 Å². The van der Waals surface area contributed by atoms with Gasteiger partial charge in [-0.05, 0) is 48.5 Å². The zero-order chi connectivity index (χ0) is 19.4. The Hall–Kier alpha value is -3.70. The number of carboxylic acids is 1. The number of ether oxygens (including phenoxy) is 1. The molecule has 0 spiro atoms. The minimum Gasteiger partial charge on any atom is -0.497 e. The van der Waals surface area contributed by atoms with Crippen LogP contribution in [0.15, 0.2) is 48.5 Å². The highest BCUT2D eigenvalue weighted by Crippen LogP contribution is 2.31. The van der Waals surface area contributed by atoms with Gasteiger partial charge in [-0.15, -0.1) is 0 Å². The zero-order valence-electron chi connectivity index (χ0n) is 14.1. The molecule has 27 heavy (non-hydrogen) atoms. The van der Waals surface area contributed by atoms with Crippen LogP contribution in [-0.2, 0) is 0 Å². The molecule has 1 aromatic heterocycles. The van der Waals surface area contributed by atoms with Crippen LogP contribution < -0.4 is 10.1 Å². The van der Waals surface area contributed by atoms with Crippen molar-refractivity contribution in [3.05, 3.63) is 64.5 Å². The number of rotatable bonds is 5. The van der Waals surface area contributed by atoms with Gasteiger partial charge in [0, 0.05) is 11.1 Å². The van der Waals surface area contributed by atoms with E-state index < -0.39 is 11.9 Å². The summed E-state index contributed by atoms with van der Waals surface area (Å²) < 4.78 is 5.12. The number of nitrogens with zero attached hydrogens (tertiary/aromatic N) is 2. The molecule has 0 radical (unpaired) electrons. The summed E-state index contributed by atoms with van der Waals surface area (Å²) in [5, 5.41) is 21.2. The standard InChI is InChI=1S/C19H13N3O4S/c1-26-14-8-6-11(7-9-14)16-15(10-20)27-19(21-16)22-17(23)12-2-4-13(5-3-12)18(24)25/h2-9H,1H3,(H,24,25)(H,21,22,23). The summed E-state index contributed by atoms with van der Waals surface area (Å²) in [6.07, 6.45) is 0. The summed E-state index contributed by atoms with van der Waals surface area (Å²) in [4.78, 5) is 27.9. The van der Waals surface area contributed by atoms with Crippen LogP contribution in [-0.4, -0.2) is 29.1 Å². The number of carbonyl (C=O) groups is 2. The lowest BCUT2D eigenvalue weighted by molar-refractivity contribution is 0.0696. The lowest BCUT2D eigenvalue weighted by atomic mass is 10.1. The van der Waals surface area contributed by atoms with E-state index >= 15 is 0 Å². The van der Waals surface area contributed by atoms with Crippen molar-refractivity contribution in [3.8, 4) is 23.1 Å². The Morgan fingerprint density at radius 2 is 1.74 bits per heavy atom. The number of carboxylic acid groups (broad SMARTS) is 1. The van der Waals surface area contributed by atoms with Crippen molar-refractivity contribution in [1.29, 1.82) is 5.26 Å². The van der Waals surface area contributed by atoms with Crippen molar-refractivity contribution < 1.29 is 19.4 Å². The number of benzene rings is 2. The van der Waals surface area contributed by atoms with Gasteiger partial charge in [-0.25, -0.2) is 9.78 Å². The Bertz CT molecular complexity index is 1030. The second-order valence-corrected chi connectivity index (χ2v) is 6.37. The lowest BCUT2D eigenvalue weighted by Crippen LogP contribution is -2.12. The van der Waals surface area contributed by atoms with E-state index in [1.165, 1.54) is 24.3 Å². The first-order chi connectivity index (χ1) is 13.0. The molecule has 0 aliphatic carbocycles. The number of aromatic carboxylic acids is 1. The van der Waals surface area contributed by atoms with Gasteiger partial charge in [0.05, 0.1) is 12.7 Å². The molecule has 0 bridgehead atoms. The highest BCUT2D eigenvalue weighted by molar-refractivity contribution is 7.16. The van der Waals surface area contributed by atoms with Gasteiger partial charge >= 0.3 is 5.97 Å². The molecule has 0 fully saturated rings. The van der Waals surface area contributed by atoms with E-state index in [1.807, 2.05) is 0 Å². The van der Waals surface area contributed by atoms with Gasteiger partial charge in [0.15, 0.2) is 5.13 Å². The van der Waals surface area contributed by atoms with Gasteiger partial charge in [-0.2, -0.15) is 5.26 Å². The van der Waals surface area contributed by atoms with Crippen LogP contribution >= 0.6 is 11.3 Å². The number of nitrogens with one attached hydrogen (secondary N) is 1. The summed E-state index contributed by atoms with van der Waals surface area (Å²) in [7, 11) is 1.56. The van der Waals surface area contributed by atoms with Crippen LogP contribution in [0.4, 0.5) is 5.13 Å². The predicted molar refractivity (Wildman–Crippen MR) is 100 cm³/mol. The van der Waals surface area contributed by atoms with Crippen LogP contribution in [0.1, 0.15) is 25.6 Å². The number of hydrogen-bond donors (Lipinski definition) is 2. The predicted octanol–water partition coefficient (Wildman–Crippen LogP) is 3.64. The van der Waals surface area contributed by atoms with Gasteiger partial charge in [0.2, 0.25) is 0 Å². The molecule has 1 heterocycles. The van der Waals surface area contributed by atoms with E-state index in [4.69, 9.17) is 9.84 Å². The topological polar surface area (TPSA) is 112 Å². The van der Waals surface area contributed by atoms with E-state index in [0.717, 1.165) is 16.9 Å². The van der Waals surface area contributed by atoms with E-state index in [-0.39, 0.29) is 10.7 Å². The summed E-state index contributed by atoms with van der Waals surface area (Å²) in [6, 6.07) is 14.7. The summed E-state index contributed by atoms with van der Waals surface area (Å²) in [5.74, 6) is -0.818. The Morgan fingerprint density at radius 3 is 2.30 bits per heavy atom. The van der Waals surface area contributed by atoms with Crippen LogP contribution in [0.2, 0.25) is 0 Å². The number of nitriles is 1. The van der Waals surface area contributed by atoms with Gasteiger partial charge in [0.25, 0.3) is 5.91 Å². The second kappa shape index (κ2) is 7.68. The fraction of sp³-hybridized carbons (Fsp3) is 0.0526. The third-order valence-corrected chi connectivity index (χ3v) is 4.58. The molecule has 0 aliphatic rings. The Labute approximate surface area is 158 Å². The molecule has 2 aromatic carbocycles. The highest BCUT2D eigenvalue weighted by Gasteiger charge is 2.16. The molecule has 3 aromatic rings. The molecule has 0 saturated heterocycles. The minimum atomic E-state index is -1.07. The first-order valence-electron chi connectivity index (χ1n) is 7.72. The van der Waals surface area contributed by atoms with Crippen molar-refractivity contribution in [3.63, 3.8) is 0 Å². The van der Waals surface area contributed by atoms with E-state index in [1.54, 1.807) is 31.4 Å². The van der Waals surface area contributed by atoms with Crippen molar-refractivity contribution >= 4 is 28.3 Å². The molecule has 1 amide bonds. The monoisotopic (exact) mass is 379 g/mol. The first-order valence-corrected chi connectivity index (χ1v) is 8.53. The van der Waals surface area contributed by atoms with Crippen molar-refractivity contribution in [2.24, 2.45) is 0 Å². The number of hydrogen-bond acceptors (Lipinski definition) is 6. The maximum Gasteiger partial charge on any atom is 0.335 e. The molecular weight excluding hydrogens is 366 g/mol. The van der Waals surface area contributed by atoms with Crippen LogP contribution in [0.5, 0.6) is 5.75 Å². The van der Waals surface area contributed by atoms with Crippen LogP contribution in [0, 0.1) is 11.3 Å². The number of methoxy groups -OCH3 is 1. The number of anilines is 1. The Kier molecular flexibility index (Phi) is 5.15. The smallest absolute Gasteiger partial charge is 0.335 e. The SMILES string of the molecule is COc1ccc(-c2nc(NC(=O)c3ccc(C(=O)O)cc3)sc2C#N)cc1. The average Bonchev–Trinajstić information content (AvgIpc) is 3.10. The van der Waals surface area contributed by atoms with Gasteiger partial charge in [-0.3, -0.25) is 10.1 Å². The second-order valence-electron chi connectivity index (χ2n) is 5.37. The normalized spacial score (nSPS) is 10.1. The molecule has 0 atom stereocenters. The molecule has 7 nitrogen and oxygen atoms in total. The van der Waals surface area contributed by atoms with Crippen LogP contribution in [0.25, 0.3) is 11.3 Å². The molecule has 134 valence electrons. The minimum absolute atomic E-state index is 0.0920. The quantitative estimate of drug-likeness (QED) is 0.700. The molecule has 3 rings (SSSR count). The third-order valence-electron chi connectivity index (χ3n) is 3.71. The summed E-state index contributed by atoms with van der Waals surface area (Å²) in [6.45, 7) is 0. The number of carbonyl (C=O) groups excluding carboxylic acids is 1. The van der Waals surface area contributed by atoms with Gasteiger partial charge in [0.1, 0.15) is 22.4 Å². The average molecular weight is 379 g/mol. The number of thiazole rings is 1. The molecule has 0 unspecified atom stereocenters. The van der Waals surface area contributed by atoms with Gasteiger partial charge < -0.3 is 9.84 Å². The van der Waals surface area contributed by atoms with Gasteiger partial charge in [-0.1, -0.05) is 11.3 Å². The summed E-state index contributed by atoms with van der Waals surface area (Å²) >= 11 is 1.07. The highest BCUT2D eigenvalue weighted by atomic mass is 32.1. The lowest BCUT2D eigenvalue weighted by Gasteiger charge is -2.02. The first kappa shape index (κ1) is 18.1. The fourth-order valence-electron chi connectivity index (χ4n) is 2.33. The van der Waals surface area contributed by atoms with Crippen molar-refractivity contribution in [2.45, 2.75) is 0 Å². The molecule has 0 saturated carbocycles. The fourth-order valence-corrected chi connectivity index (χ4v) is 3.11. The maximum atomic E-state index is 12.3. The van der Waals surface area contributed by atoms with E-state index in [0.29, 0.717) is 21.9 Å². The van der Waals surface area contributed by atoms with Crippen molar-refractivity contribution in [2.75, 3.05) is 12.4 Å². The Balaban J connectivity index is 1.83. The zero-order valence-corrected chi connectivity index (χ0v) is 14.9. The molecular formula is C19H13N3O4S. The van der Waals surface area contributed by atoms with E-state index in [2.05, 4.69) is 16.4 Å². The largest absolute Gasteiger partial charge is 0.497 e. The van der Waals surface area contributed by atoms with E-state index in [9.17, 15) is 14.9 Å².